The maximum Gasteiger partial charge on any atom is 0.242 e. The normalized spacial score (nSPS) is 19.2. The Labute approximate surface area is 197 Å². The Morgan fingerprint density at radius 1 is 0.939 bits per heavy atom. The zero-order valence-corrected chi connectivity index (χ0v) is 19.2. The van der Waals surface area contributed by atoms with E-state index in [1.54, 1.807) is 28.4 Å². The van der Waals surface area contributed by atoms with Gasteiger partial charge in [0.1, 0.15) is 12.4 Å². The summed E-state index contributed by atoms with van der Waals surface area (Å²) in [7, 11) is 0. The molecule has 2 unspecified atom stereocenters. The number of thiophene rings is 1. The van der Waals surface area contributed by atoms with E-state index in [1.165, 1.54) is 17.7 Å². The van der Waals surface area contributed by atoms with Crippen molar-refractivity contribution in [3.8, 4) is 0 Å². The van der Waals surface area contributed by atoms with Crippen LogP contribution in [0.3, 0.4) is 0 Å². The molecule has 1 aromatic heterocycles. The van der Waals surface area contributed by atoms with E-state index >= 15 is 0 Å². The molecule has 0 bridgehead atoms. The minimum atomic E-state index is -0.294. The van der Waals surface area contributed by atoms with Crippen LogP contribution in [0.1, 0.15) is 41.2 Å². The number of hydrogen-bond donors (Lipinski definition) is 0. The molecule has 1 heterocycles. The van der Waals surface area contributed by atoms with Gasteiger partial charge in [0.2, 0.25) is 11.8 Å². The molecule has 6 heteroatoms. The second kappa shape index (κ2) is 9.48. The summed E-state index contributed by atoms with van der Waals surface area (Å²) in [6.07, 6.45) is 2.78. The van der Waals surface area contributed by atoms with Crippen LogP contribution in [0.25, 0.3) is 0 Å². The molecule has 2 amide bonds. The molecule has 4 nitrogen and oxygen atoms in total. The molecule has 170 valence electrons. The Balaban J connectivity index is 1.29. The Morgan fingerprint density at radius 2 is 1.70 bits per heavy atom. The van der Waals surface area contributed by atoms with Crippen LogP contribution < -0.4 is 0 Å². The minimum Gasteiger partial charge on any atom is -0.332 e. The maximum absolute atomic E-state index is 13.4. The third-order valence-electron chi connectivity index (χ3n) is 6.48. The second-order valence-electron chi connectivity index (χ2n) is 9.01. The van der Waals surface area contributed by atoms with Gasteiger partial charge < -0.3 is 9.80 Å². The number of nitrogens with zero attached hydrogens (tertiary/aromatic N) is 2. The first-order valence-corrected chi connectivity index (χ1v) is 12.4. The van der Waals surface area contributed by atoms with Crippen LogP contribution in [0.5, 0.6) is 0 Å². The van der Waals surface area contributed by atoms with Crippen LogP contribution in [-0.2, 0) is 22.7 Å². The van der Waals surface area contributed by atoms with E-state index in [9.17, 15) is 14.0 Å². The first-order chi connectivity index (χ1) is 16.1. The topological polar surface area (TPSA) is 40.6 Å². The number of carbonyl (C=O) groups excluding carboxylic acids is 2. The highest BCUT2D eigenvalue weighted by Crippen LogP contribution is 2.49. The molecule has 2 fully saturated rings. The van der Waals surface area contributed by atoms with Crippen molar-refractivity contribution < 1.29 is 14.0 Å². The SMILES string of the molecule is O=C(CN(C(=O)C1CC1c1ccccc1)C1CC1)N(Cc1ccc(F)cc1)Cc1cccs1. The largest absolute Gasteiger partial charge is 0.332 e. The lowest BCUT2D eigenvalue weighted by Crippen LogP contribution is -2.44. The molecule has 2 saturated carbocycles. The maximum atomic E-state index is 13.4. The fourth-order valence-electron chi connectivity index (χ4n) is 4.40. The lowest BCUT2D eigenvalue weighted by molar-refractivity contribution is -0.142. The van der Waals surface area contributed by atoms with Gasteiger partial charge in [-0.1, -0.05) is 48.5 Å². The van der Waals surface area contributed by atoms with Gasteiger partial charge in [0, 0.05) is 23.4 Å². The average Bonchev–Trinajstić information content (AvgIpc) is 3.76. The predicted molar refractivity (Wildman–Crippen MR) is 127 cm³/mol. The van der Waals surface area contributed by atoms with E-state index in [2.05, 4.69) is 12.1 Å². The number of amides is 2. The quantitative estimate of drug-likeness (QED) is 0.438. The summed E-state index contributed by atoms with van der Waals surface area (Å²) in [6.45, 7) is 0.977. The van der Waals surface area contributed by atoms with Crippen LogP contribution in [0, 0.1) is 11.7 Å². The fourth-order valence-corrected chi connectivity index (χ4v) is 5.12. The van der Waals surface area contributed by atoms with Crippen molar-refractivity contribution in [2.45, 2.75) is 44.3 Å². The van der Waals surface area contributed by atoms with Crippen LogP contribution in [0.2, 0.25) is 0 Å². The van der Waals surface area contributed by atoms with Gasteiger partial charge in [-0.15, -0.1) is 11.3 Å². The van der Waals surface area contributed by atoms with Gasteiger partial charge in [0.05, 0.1) is 6.54 Å². The Bertz CT molecular complexity index is 1100. The van der Waals surface area contributed by atoms with Gasteiger partial charge in [0.25, 0.3) is 0 Å². The van der Waals surface area contributed by atoms with Crippen LogP contribution in [0.15, 0.2) is 72.1 Å². The predicted octanol–water partition coefficient (Wildman–Crippen LogP) is 5.21. The third kappa shape index (κ3) is 5.33. The molecule has 0 radical (unpaired) electrons. The zero-order valence-electron chi connectivity index (χ0n) is 18.4. The van der Waals surface area contributed by atoms with Crippen LogP contribution >= 0.6 is 11.3 Å². The van der Waals surface area contributed by atoms with Crippen molar-refractivity contribution >= 4 is 23.2 Å². The Kier molecular flexibility index (Phi) is 6.27. The number of benzene rings is 2. The van der Waals surface area contributed by atoms with Gasteiger partial charge in [0.15, 0.2) is 0 Å². The lowest BCUT2D eigenvalue weighted by atomic mass is 10.1. The van der Waals surface area contributed by atoms with Crippen LogP contribution in [-0.4, -0.2) is 34.2 Å². The molecule has 2 aromatic carbocycles. The summed E-state index contributed by atoms with van der Waals surface area (Å²) in [6, 6.07) is 20.6. The summed E-state index contributed by atoms with van der Waals surface area (Å²) in [4.78, 5) is 31.5. The van der Waals surface area contributed by atoms with Gasteiger partial charge in [-0.05, 0) is 59.9 Å². The molecule has 0 saturated heterocycles. The highest BCUT2D eigenvalue weighted by Gasteiger charge is 2.48. The van der Waals surface area contributed by atoms with E-state index in [0.29, 0.717) is 13.1 Å². The molecule has 0 N–H and O–H groups in total. The molecule has 2 atom stereocenters. The standard InChI is InChI=1S/C27H27FN2O2S/c28-21-10-8-19(9-11-21)16-29(17-23-7-4-14-33-23)26(31)18-30(22-12-13-22)27(32)25-15-24(25)20-5-2-1-3-6-20/h1-11,14,22,24-25H,12-13,15-18H2. The van der Waals surface area contributed by atoms with Crippen molar-refractivity contribution in [2.24, 2.45) is 5.92 Å². The van der Waals surface area contributed by atoms with Crippen molar-refractivity contribution in [1.29, 1.82) is 0 Å². The van der Waals surface area contributed by atoms with E-state index in [4.69, 9.17) is 0 Å². The van der Waals surface area contributed by atoms with Crippen molar-refractivity contribution in [3.05, 3.63) is 93.9 Å². The summed E-state index contributed by atoms with van der Waals surface area (Å²) in [5, 5.41) is 1.99. The van der Waals surface area contributed by atoms with Gasteiger partial charge >= 0.3 is 0 Å². The molecule has 5 rings (SSSR count). The summed E-state index contributed by atoms with van der Waals surface area (Å²) >= 11 is 1.60. The molecular formula is C27H27FN2O2S. The smallest absolute Gasteiger partial charge is 0.242 e. The highest BCUT2D eigenvalue weighted by molar-refractivity contribution is 7.09. The van der Waals surface area contributed by atoms with Gasteiger partial charge in [-0.3, -0.25) is 9.59 Å². The highest BCUT2D eigenvalue weighted by atomic mass is 32.1. The molecule has 0 aliphatic heterocycles. The van der Waals surface area contributed by atoms with E-state index in [-0.39, 0.29) is 42.1 Å². The molecule has 0 spiro atoms. The van der Waals surface area contributed by atoms with Gasteiger partial charge in [-0.25, -0.2) is 4.39 Å². The van der Waals surface area contributed by atoms with Crippen LogP contribution in [0.4, 0.5) is 4.39 Å². The second-order valence-corrected chi connectivity index (χ2v) is 10.0. The number of rotatable bonds is 9. The molecular weight excluding hydrogens is 435 g/mol. The van der Waals surface area contributed by atoms with Crippen molar-refractivity contribution in [2.75, 3.05) is 6.54 Å². The first-order valence-electron chi connectivity index (χ1n) is 11.5. The Morgan fingerprint density at radius 3 is 2.36 bits per heavy atom. The van der Waals surface area contributed by atoms with E-state index < -0.39 is 0 Å². The van der Waals surface area contributed by atoms with Crippen molar-refractivity contribution in [3.63, 3.8) is 0 Å². The van der Waals surface area contributed by atoms with E-state index in [1.807, 2.05) is 40.6 Å². The fraction of sp³-hybridized carbons (Fsp3) is 0.333. The van der Waals surface area contributed by atoms with Gasteiger partial charge in [-0.2, -0.15) is 0 Å². The average molecular weight is 463 g/mol. The molecule has 2 aliphatic rings. The Hall–Kier alpha value is -2.99. The van der Waals surface area contributed by atoms with E-state index in [0.717, 1.165) is 29.7 Å². The molecule has 2 aliphatic carbocycles. The molecule has 3 aromatic rings. The number of carbonyl (C=O) groups is 2. The zero-order chi connectivity index (χ0) is 22.8. The molecule has 33 heavy (non-hydrogen) atoms. The number of halogens is 1. The summed E-state index contributed by atoms with van der Waals surface area (Å²) < 4.78 is 13.4. The first kappa shape index (κ1) is 21.8. The number of hydrogen-bond acceptors (Lipinski definition) is 3. The third-order valence-corrected chi connectivity index (χ3v) is 7.34. The lowest BCUT2D eigenvalue weighted by Gasteiger charge is -2.28. The minimum absolute atomic E-state index is 0.0244. The monoisotopic (exact) mass is 462 g/mol. The summed E-state index contributed by atoms with van der Waals surface area (Å²) in [5.41, 5.74) is 2.07. The van der Waals surface area contributed by atoms with Crippen molar-refractivity contribution in [1.82, 2.24) is 9.80 Å². The summed E-state index contributed by atoms with van der Waals surface area (Å²) in [5.74, 6) is -0.0135.